The molecule has 1 aromatic rings. The van der Waals surface area contributed by atoms with E-state index in [0.29, 0.717) is 18.4 Å². The van der Waals surface area contributed by atoms with Crippen molar-refractivity contribution in [3.05, 3.63) is 35.9 Å². The van der Waals surface area contributed by atoms with Crippen LogP contribution in [0.3, 0.4) is 0 Å². The van der Waals surface area contributed by atoms with E-state index in [9.17, 15) is 83.1 Å². The maximum atomic E-state index is 13.7. The number of nitrogens with one attached hydrogen (secondary N) is 8. The second-order valence-electron chi connectivity index (χ2n) is 18.7. The number of aliphatic hydroxyl groups excluding tert-OH is 1. The molecule has 0 aliphatic rings. The monoisotopic (exact) mass is 1070 g/mol. The predicted molar refractivity (Wildman–Crippen MR) is 261 cm³/mol. The van der Waals surface area contributed by atoms with Gasteiger partial charge in [0.15, 0.2) is 0 Å². The molecule has 414 valence electrons. The molecule has 1 unspecified atom stereocenters. The molecule has 0 fully saturated rings. The van der Waals surface area contributed by atoms with E-state index in [-0.39, 0.29) is 31.4 Å². The van der Waals surface area contributed by atoms with Crippen LogP contribution in [0, 0.1) is 5.41 Å². The van der Waals surface area contributed by atoms with Crippen molar-refractivity contribution in [2.45, 2.75) is 152 Å². The molecule has 1 rings (SSSR count). The Bertz CT molecular complexity index is 2150. The van der Waals surface area contributed by atoms with Gasteiger partial charge >= 0.3 is 41.8 Å². The zero-order valence-electron chi connectivity index (χ0n) is 41.3. The van der Waals surface area contributed by atoms with Gasteiger partial charge < -0.3 is 78.7 Å². The summed E-state index contributed by atoms with van der Waals surface area (Å²) in [5.74, 6) is -13.7. The average molecular weight is 1070 g/mol. The quantitative estimate of drug-likeness (QED) is 0.0248. The molecule has 0 bridgehead atoms. The second kappa shape index (κ2) is 31.5. The number of carboxylic acid groups (broad SMARTS) is 6. The zero-order valence-corrected chi connectivity index (χ0v) is 42.1. The van der Waals surface area contributed by atoms with Crippen LogP contribution in [0.25, 0.3) is 0 Å². The highest BCUT2D eigenvalue weighted by atomic mass is 32.1. The third-order valence-corrected chi connectivity index (χ3v) is 11.4. The van der Waals surface area contributed by atoms with Crippen molar-refractivity contribution in [3.8, 4) is 0 Å². The number of carbonyl (C=O) groups excluding carboxylic acids is 6. The number of amides is 7. The van der Waals surface area contributed by atoms with Crippen LogP contribution >= 0.6 is 12.6 Å². The van der Waals surface area contributed by atoms with E-state index in [1.807, 2.05) is 10.6 Å². The van der Waals surface area contributed by atoms with E-state index in [0.717, 1.165) is 0 Å². The highest BCUT2D eigenvalue weighted by Crippen LogP contribution is 2.30. The largest absolute Gasteiger partial charge is 0.481 e. The summed E-state index contributed by atoms with van der Waals surface area (Å²) >= 11 is 3.81. The Morgan fingerprint density at radius 1 is 0.568 bits per heavy atom. The van der Waals surface area contributed by atoms with Crippen LogP contribution in [0.5, 0.6) is 0 Å². The maximum absolute atomic E-state index is 13.7. The van der Waals surface area contributed by atoms with Gasteiger partial charge in [-0.1, -0.05) is 44.2 Å². The second-order valence-corrected chi connectivity index (χ2v) is 19.1. The number of benzene rings is 1. The Labute approximate surface area is 430 Å². The molecule has 8 atom stereocenters. The standard InChI is InChI=1S/C45H69N9O19S/c1-44(2,16-17-45(3,4)54-32(56)14-11-26(40(67)68)52-43(73)53-27(41(69)70)12-15-34(58)59)20-33(57)48-28(18-23-8-6-5-7-9-23)37(63)49-25(39(65)66)10-13-31(55)47-21-24(46)36(62)50-29(19-35(60)61)38(64)51-30(22-74)42(71)72/h5-9,24-30,32,54,56,74H,10-22,46H2,1-4H3,(H,47,55)(H,48,57)(H,49,63)(H,50,62)(H,51,64)(H,58,59)(H,60,61)(H,65,66)(H,67,68)(H,69,70)(H,71,72)(H2,52,53,73)/t24-,25-,26-,27-,28-,29-,30-,32?/m0/s1. The minimum Gasteiger partial charge on any atom is -0.481 e. The van der Waals surface area contributed by atoms with Crippen LogP contribution in [0.1, 0.15) is 97.5 Å². The number of urea groups is 1. The number of carboxylic acids is 6. The van der Waals surface area contributed by atoms with E-state index < -0.39 is 170 Å². The fraction of sp³-hybridized carbons (Fsp3) is 0.600. The lowest BCUT2D eigenvalue weighted by Crippen LogP contribution is -2.57. The molecule has 0 spiro atoms. The van der Waals surface area contributed by atoms with Gasteiger partial charge in [0.25, 0.3) is 0 Å². The predicted octanol–water partition coefficient (Wildman–Crippen LogP) is -2.30. The van der Waals surface area contributed by atoms with Crippen molar-refractivity contribution in [2.75, 3.05) is 12.3 Å². The van der Waals surface area contributed by atoms with Crippen molar-refractivity contribution >= 4 is 84.0 Å². The van der Waals surface area contributed by atoms with Crippen LogP contribution in [0.4, 0.5) is 4.79 Å². The molecule has 29 heteroatoms. The normalized spacial score (nSPS) is 14.6. The molecule has 0 aliphatic heterocycles. The van der Waals surface area contributed by atoms with Crippen LogP contribution < -0.4 is 48.3 Å². The lowest BCUT2D eigenvalue weighted by atomic mass is 9.80. The van der Waals surface area contributed by atoms with E-state index in [1.165, 1.54) is 0 Å². The number of hydrogen-bond donors (Lipinski definition) is 17. The van der Waals surface area contributed by atoms with Crippen molar-refractivity contribution < 1.29 is 93.3 Å². The van der Waals surface area contributed by atoms with Gasteiger partial charge in [-0.2, -0.15) is 12.6 Å². The fourth-order valence-corrected chi connectivity index (χ4v) is 7.12. The van der Waals surface area contributed by atoms with E-state index >= 15 is 0 Å². The molecule has 17 N–H and O–H groups in total. The molecular formula is C45H69N9O19S. The summed E-state index contributed by atoms with van der Waals surface area (Å²) in [4.78, 5) is 147. The molecule has 0 saturated heterocycles. The van der Waals surface area contributed by atoms with Gasteiger partial charge in [-0.3, -0.25) is 38.9 Å². The Kier molecular flexibility index (Phi) is 27.6. The Balaban J connectivity index is 2.90. The SMILES string of the molecule is CC(C)(CCC(C)(C)NC(O)CC[C@H](NC(=O)N[C@@H](CCC(=O)O)C(=O)O)C(=O)O)CC(=O)N[C@@H](Cc1ccccc1)C(=O)N[C@@H](CCC(=O)NC[C@H](N)C(=O)N[C@@H](CC(=O)O)C(=O)N[C@@H](CS)C(=O)O)C(=O)O. The van der Waals surface area contributed by atoms with E-state index in [1.54, 1.807) is 58.0 Å². The number of carbonyl (C=O) groups is 12. The maximum Gasteiger partial charge on any atom is 0.327 e. The van der Waals surface area contributed by atoms with E-state index in [2.05, 4.69) is 44.5 Å². The number of aliphatic hydroxyl groups is 1. The molecule has 28 nitrogen and oxygen atoms in total. The van der Waals surface area contributed by atoms with Crippen molar-refractivity contribution in [2.24, 2.45) is 11.1 Å². The average Bonchev–Trinajstić information content (AvgIpc) is 3.29. The topological polar surface area (TPSA) is 469 Å². The van der Waals surface area contributed by atoms with Crippen LogP contribution in [-0.4, -0.2) is 173 Å². The number of aliphatic carboxylic acids is 6. The van der Waals surface area contributed by atoms with Crippen LogP contribution in [-0.2, 0) is 59.2 Å². The highest BCUT2D eigenvalue weighted by Gasteiger charge is 2.33. The summed E-state index contributed by atoms with van der Waals surface area (Å²) in [5.41, 5.74) is 4.88. The van der Waals surface area contributed by atoms with E-state index in [4.69, 9.17) is 15.9 Å². The molecule has 7 amide bonds. The lowest BCUT2D eigenvalue weighted by molar-refractivity contribution is -0.143. The van der Waals surface area contributed by atoms with Gasteiger partial charge in [-0.15, -0.1) is 0 Å². The number of hydrogen-bond acceptors (Lipinski definition) is 16. The van der Waals surface area contributed by atoms with Gasteiger partial charge in [0.05, 0.1) is 6.42 Å². The zero-order chi connectivity index (χ0) is 56.5. The first-order chi connectivity index (χ1) is 34.3. The summed E-state index contributed by atoms with van der Waals surface area (Å²) in [5, 5.41) is 85.4. The first kappa shape index (κ1) is 64.9. The van der Waals surface area contributed by atoms with Crippen LogP contribution in [0.15, 0.2) is 30.3 Å². The fourth-order valence-electron chi connectivity index (χ4n) is 6.87. The molecule has 74 heavy (non-hydrogen) atoms. The molecule has 0 aromatic heterocycles. The summed E-state index contributed by atoms with van der Waals surface area (Å²) in [6, 6.07) is -3.63. The summed E-state index contributed by atoms with van der Waals surface area (Å²) in [7, 11) is 0. The molecule has 1 aromatic carbocycles. The van der Waals surface area contributed by atoms with Crippen molar-refractivity contribution in [3.63, 3.8) is 0 Å². The van der Waals surface area contributed by atoms with Gasteiger partial charge in [0, 0.05) is 43.5 Å². The first-order valence-corrected chi connectivity index (χ1v) is 23.7. The van der Waals surface area contributed by atoms with Crippen molar-refractivity contribution in [1.82, 2.24) is 42.5 Å². The summed E-state index contributed by atoms with van der Waals surface area (Å²) in [6.07, 6.45) is -4.23. The van der Waals surface area contributed by atoms with Gasteiger partial charge in [0.1, 0.15) is 48.5 Å². The van der Waals surface area contributed by atoms with Crippen LogP contribution in [0.2, 0.25) is 0 Å². The van der Waals surface area contributed by atoms with Gasteiger partial charge in [-0.25, -0.2) is 24.0 Å². The third kappa shape index (κ3) is 26.5. The minimum atomic E-state index is -1.75. The summed E-state index contributed by atoms with van der Waals surface area (Å²) in [6.45, 7) is 6.47. The number of thiol groups is 1. The summed E-state index contributed by atoms with van der Waals surface area (Å²) < 4.78 is 0. The lowest BCUT2D eigenvalue weighted by Gasteiger charge is -2.34. The molecule has 0 saturated carbocycles. The smallest absolute Gasteiger partial charge is 0.327 e. The molecule has 0 radical (unpaired) electrons. The third-order valence-electron chi connectivity index (χ3n) is 11.1. The highest BCUT2D eigenvalue weighted by molar-refractivity contribution is 7.80. The van der Waals surface area contributed by atoms with Crippen molar-refractivity contribution in [1.29, 1.82) is 0 Å². The molecular weight excluding hydrogens is 1000 g/mol. The van der Waals surface area contributed by atoms with Gasteiger partial charge in [-0.05, 0) is 63.4 Å². The number of rotatable bonds is 36. The minimum absolute atomic E-state index is 0.0661. The first-order valence-electron chi connectivity index (χ1n) is 23.1. The molecule has 0 heterocycles. The Hall–Kier alpha value is -7.11. The molecule has 0 aliphatic carbocycles. The Morgan fingerprint density at radius 2 is 1.07 bits per heavy atom. The number of nitrogens with two attached hydrogens (primary N) is 1. The Morgan fingerprint density at radius 3 is 1.59 bits per heavy atom. The van der Waals surface area contributed by atoms with Gasteiger partial charge in [0.2, 0.25) is 29.5 Å².